The number of nitrogens with one attached hydrogen (secondary N) is 1. The summed E-state index contributed by atoms with van der Waals surface area (Å²) >= 11 is 7.33. The van der Waals surface area contributed by atoms with E-state index in [2.05, 4.69) is 51.2 Å². The summed E-state index contributed by atoms with van der Waals surface area (Å²) in [5.41, 5.74) is 3.44. The average Bonchev–Trinajstić information content (AvgIpc) is 2.46. The number of carbonyl (C=O) groups excluding carboxylic acids is 1. The fourth-order valence-corrected chi connectivity index (χ4v) is 3.33. The van der Waals surface area contributed by atoms with Gasteiger partial charge in [-0.15, -0.1) is 11.6 Å². The van der Waals surface area contributed by atoms with E-state index in [4.69, 9.17) is 11.6 Å². The van der Waals surface area contributed by atoms with Crippen LogP contribution in [0.3, 0.4) is 0 Å². The summed E-state index contributed by atoms with van der Waals surface area (Å²) in [6, 6.07) is 6.31. The lowest BCUT2D eigenvalue weighted by Crippen LogP contribution is -2.18. The first-order valence-corrected chi connectivity index (χ1v) is 9.72. The molecule has 0 spiro atoms. The Morgan fingerprint density at radius 2 is 1.73 bits per heavy atom. The number of alkyl halides is 1. The number of amides is 1. The van der Waals surface area contributed by atoms with Gasteiger partial charge in [-0.25, -0.2) is 0 Å². The minimum Gasteiger partial charge on any atom is -0.325 e. The molecule has 0 bridgehead atoms. The first-order chi connectivity index (χ1) is 10.5. The molecule has 1 amide bonds. The van der Waals surface area contributed by atoms with Crippen LogP contribution in [0.4, 0.5) is 5.69 Å². The lowest BCUT2D eigenvalue weighted by Gasteiger charge is -2.20. The normalized spacial score (nSPS) is 11.2. The number of carbonyl (C=O) groups is 1. The maximum atomic E-state index is 12.2. The zero-order valence-corrected chi connectivity index (χ0v) is 15.7. The lowest BCUT2D eigenvalue weighted by atomic mass is 9.92. The summed E-state index contributed by atoms with van der Waals surface area (Å²) in [7, 11) is 0. The lowest BCUT2D eigenvalue weighted by molar-refractivity contribution is -0.113. The van der Waals surface area contributed by atoms with Crippen molar-refractivity contribution in [1.82, 2.24) is 0 Å². The van der Waals surface area contributed by atoms with E-state index in [0.717, 1.165) is 24.3 Å². The van der Waals surface area contributed by atoms with Crippen molar-refractivity contribution in [3.05, 3.63) is 29.3 Å². The van der Waals surface area contributed by atoms with E-state index >= 15 is 0 Å². The number of hydrogen-bond acceptors (Lipinski definition) is 2. The summed E-state index contributed by atoms with van der Waals surface area (Å²) in [5, 5.41) is 3.15. The molecule has 0 saturated heterocycles. The molecule has 0 heterocycles. The molecule has 22 heavy (non-hydrogen) atoms. The number of unbranched alkanes of at least 4 members (excludes halogenated alkanes) is 1. The zero-order chi connectivity index (χ0) is 16.5. The molecule has 0 fully saturated rings. The highest BCUT2D eigenvalue weighted by atomic mass is 35.5. The molecule has 124 valence electrons. The highest BCUT2D eigenvalue weighted by Crippen LogP contribution is 2.32. The van der Waals surface area contributed by atoms with E-state index in [1.807, 2.05) is 0 Å². The first-order valence-electron chi connectivity index (χ1n) is 8.03. The number of benzene rings is 1. The molecule has 1 aromatic rings. The maximum absolute atomic E-state index is 12.2. The molecule has 0 saturated carbocycles. The van der Waals surface area contributed by atoms with E-state index in [-0.39, 0.29) is 5.91 Å². The van der Waals surface area contributed by atoms with Gasteiger partial charge in [0.1, 0.15) is 0 Å². The Morgan fingerprint density at radius 3 is 2.23 bits per heavy atom. The molecular weight excluding hydrogens is 314 g/mol. The van der Waals surface area contributed by atoms with Crippen molar-refractivity contribution >= 4 is 35.0 Å². The van der Waals surface area contributed by atoms with Crippen molar-refractivity contribution in [3.8, 4) is 0 Å². The van der Waals surface area contributed by atoms with Crippen LogP contribution >= 0.6 is 23.4 Å². The fourth-order valence-electron chi connectivity index (χ4n) is 2.33. The number of rotatable bonds is 9. The molecular formula is C18H28ClNOS. The third kappa shape index (κ3) is 6.21. The molecule has 0 unspecified atom stereocenters. The van der Waals surface area contributed by atoms with Crippen molar-refractivity contribution in [2.75, 3.05) is 22.7 Å². The van der Waals surface area contributed by atoms with E-state index < -0.39 is 0 Å². The smallest absolute Gasteiger partial charge is 0.234 e. The maximum Gasteiger partial charge on any atom is 0.234 e. The van der Waals surface area contributed by atoms with Crippen LogP contribution in [-0.2, 0) is 4.79 Å². The van der Waals surface area contributed by atoms with Gasteiger partial charge in [-0.1, -0.05) is 45.9 Å². The SMILES string of the molecule is CC(C)c1cccc(C(C)C)c1NC(=O)CSCCCCCl. The topological polar surface area (TPSA) is 29.1 Å². The second-order valence-electron chi connectivity index (χ2n) is 6.12. The number of halogens is 1. The summed E-state index contributed by atoms with van der Waals surface area (Å²) in [6.45, 7) is 8.65. The van der Waals surface area contributed by atoms with Crippen molar-refractivity contribution in [3.63, 3.8) is 0 Å². The Balaban J connectivity index is 2.72. The van der Waals surface area contributed by atoms with Crippen molar-refractivity contribution in [2.45, 2.75) is 52.4 Å². The Hall–Kier alpha value is -0.670. The van der Waals surface area contributed by atoms with Crippen molar-refractivity contribution in [1.29, 1.82) is 0 Å². The molecule has 0 aliphatic heterocycles. The number of thioether (sulfide) groups is 1. The molecule has 1 N–H and O–H groups in total. The molecule has 1 aromatic carbocycles. The molecule has 1 rings (SSSR count). The van der Waals surface area contributed by atoms with Crippen LogP contribution in [0, 0.1) is 0 Å². The van der Waals surface area contributed by atoms with Crippen LogP contribution in [0.5, 0.6) is 0 Å². The first kappa shape index (κ1) is 19.4. The minimum atomic E-state index is 0.0888. The standard InChI is InChI=1S/C18H28ClNOS/c1-13(2)15-8-7-9-16(14(3)4)18(15)20-17(21)12-22-11-6-5-10-19/h7-9,13-14H,5-6,10-12H2,1-4H3,(H,20,21). The van der Waals surface area contributed by atoms with E-state index in [9.17, 15) is 4.79 Å². The fraction of sp³-hybridized carbons (Fsp3) is 0.611. The quantitative estimate of drug-likeness (QED) is 0.466. The second kappa shape index (κ2) is 10.2. The van der Waals surface area contributed by atoms with Crippen molar-refractivity contribution in [2.24, 2.45) is 0 Å². The van der Waals surface area contributed by atoms with Crippen LogP contribution in [-0.4, -0.2) is 23.3 Å². The molecule has 0 aliphatic rings. The van der Waals surface area contributed by atoms with Gasteiger partial charge in [0.2, 0.25) is 5.91 Å². The highest BCUT2D eigenvalue weighted by Gasteiger charge is 2.15. The van der Waals surface area contributed by atoms with Crippen LogP contribution in [0.1, 0.15) is 63.5 Å². The van der Waals surface area contributed by atoms with E-state index in [0.29, 0.717) is 23.5 Å². The molecule has 4 heteroatoms. The molecule has 0 atom stereocenters. The highest BCUT2D eigenvalue weighted by molar-refractivity contribution is 7.99. The monoisotopic (exact) mass is 341 g/mol. The second-order valence-corrected chi connectivity index (χ2v) is 7.60. The van der Waals surface area contributed by atoms with Crippen molar-refractivity contribution < 1.29 is 4.79 Å². The van der Waals surface area contributed by atoms with Gasteiger partial charge >= 0.3 is 0 Å². The summed E-state index contributed by atoms with van der Waals surface area (Å²) < 4.78 is 0. The minimum absolute atomic E-state index is 0.0888. The molecule has 0 aromatic heterocycles. The third-order valence-electron chi connectivity index (χ3n) is 3.54. The van der Waals surface area contributed by atoms with Gasteiger partial charge in [-0.05, 0) is 41.6 Å². The number of hydrogen-bond donors (Lipinski definition) is 1. The molecule has 2 nitrogen and oxygen atoms in total. The van der Waals surface area contributed by atoms with Crippen LogP contribution in [0.25, 0.3) is 0 Å². The average molecular weight is 342 g/mol. The van der Waals surface area contributed by atoms with Gasteiger partial charge in [0.25, 0.3) is 0 Å². The van der Waals surface area contributed by atoms with Gasteiger partial charge in [-0.3, -0.25) is 4.79 Å². The van der Waals surface area contributed by atoms with E-state index in [1.165, 1.54) is 11.1 Å². The number of anilines is 1. The van der Waals surface area contributed by atoms with Gasteiger partial charge in [0, 0.05) is 11.6 Å². The number of para-hydroxylation sites is 1. The van der Waals surface area contributed by atoms with E-state index in [1.54, 1.807) is 11.8 Å². The Morgan fingerprint density at radius 1 is 1.14 bits per heavy atom. The van der Waals surface area contributed by atoms with Crippen LogP contribution in [0.15, 0.2) is 18.2 Å². The zero-order valence-electron chi connectivity index (χ0n) is 14.1. The van der Waals surface area contributed by atoms with Crippen LogP contribution < -0.4 is 5.32 Å². The van der Waals surface area contributed by atoms with Gasteiger partial charge in [0.05, 0.1) is 5.75 Å². The Labute approximate surface area is 144 Å². The summed E-state index contributed by atoms with van der Waals surface area (Å²) in [6.07, 6.45) is 2.09. The largest absolute Gasteiger partial charge is 0.325 e. The Kier molecular flexibility index (Phi) is 8.96. The molecule has 0 radical (unpaired) electrons. The van der Waals surface area contributed by atoms with Gasteiger partial charge in [-0.2, -0.15) is 11.8 Å². The Bertz CT molecular complexity index is 448. The third-order valence-corrected chi connectivity index (χ3v) is 4.85. The summed E-state index contributed by atoms with van der Waals surface area (Å²) in [4.78, 5) is 12.2. The van der Waals surface area contributed by atoms with Gasteiger partial charge in [0.15, 0.2) is 0 Å². The predicted molar refractivity (Wildman–Crippen MR) is 101 cm³/mol. The molecule has 0 aliphatic carbocycles. The summed E-state index contributed by atoms with van der Waals surface area (Å²) in [5.74, 6) is 3.07. The predicted octanol–water partition coefficient (Wildman–Crippen LogP) is 5.62. The van der Waals surface area contributed by atoms with Crippen LogP contribution in [0.2, 0.25) is 0 Å². The van der Waals surface area contributed by atoms with Gasteiger partial charge < -0.3 is 5.32 Å².